The maximum absolute atomic E-state index is 2.24. The maximum atomic E-state index is 2.24. The zero-order valence-corrected chi connectivity index (χ0v) is 9.89. The topological polar surface area (TPSA) is 8.88 Å². The van der Waals surface area contributed by atoms with Crippen LogP contribution in [0.5, 0.6) is 0 Å². The Morgan fingerprint density at radius 2 is 1.30 bits per heavy atom. The summed E-state index contributed by atoms with van der Waals surface area (Å²) in [4.78, 5) is 0. The summed E-state index contributed by atoms with van der Waals surface area (Å²) >= 11 is -0.479. The van der Waals surface area contributed by atoms with Crippen molar-refractivity contribution in [1.29, 1.82) is 0 Å². The van der Waals surface area contributed by atoms with Crippen LogP contribution in [0, 0.1) is 0 Å². The van der Waals surface area contributed by atoms with E-state index in [9.17, 15) is 0 Å². The van der Waals surface area contributed by atoms with E-state index >= 15 is 0 Å². The third-order valence-corrected chi connectivity index (χ3v) is 23.6. The first-order valence-corrected chi connectivity index (χ1v) is 10.6. The van der Waals surface area contributed by atoms with Gasteiger partial charge in [0.05, 0.1) is 0 Å². The van der Waals surface area contributed by atoms with Crippen molar-refractivity contribution < 1.29 is 5.47 Å². The minimum absolute atomic E-state index is 0.240. The van der Waals surface area contributed by atoms with E-state index in [1.165, 1.54) is 0 Å². The summed E-state index contributed by atoms with van der Waals surface area (Å²) < 4.78 is 4.49. The Morgan fingerprint density at radius 1 is 0.800 bits per heavy atom. The zero-order valence-electron chi connectivity index (χ0n) is 6.14. The molecule has 0 aromatic carbocycles. The first-order valence-electron chi connectivity index (χ1n) is 4.23. The molecule has 0 aliphatic carbocycles. The molecule has 0 aromatic heterocycles. The number of quaternary nitrogens is 2. The van der Waals surface area contributed by atoms with Crippen molar-refractivity contribution in [1.82, 2.24) is 0 Å². The molecule has 56 valence electrons. The van der Waals surface area contributed by atoms with Crippen LogP contribution in [0.15, 0.2) is 0 Å². The van der Waals surface area contributed by atoms with Crippen molar-refractivity contribution in [2.45, 2.75) is 23.3 Å². The molecule has 3 fully saturated rings. The molecule has 2 N–H and O–H groups in total. The predicted molar refractivity (Wildman–Crippen MR) is 42.0 cm³/mol. The number of hydrogen-bond donors (Lipinski definition) is 2. The Hall–Kier alpha value is 1.04. The first kappa shape index (κ1) is 6.54. The molecular weight excluding hydrogens is 250 g/mol. The van der Waals surface area contributed by atoms with Gasteiger partial charge in [0.25, 0.3) is 0 Å². The van der Waals surface area contributed by atoms with Gasteiger partial charge in [0, 0.05) is 0 Å². The van der Waals surface area contributed by atoms with Crippen LogP contribution < -0.4 is 5.47 Å². The van der Waals surface area contributed by atoms with Gasteiger partial charge in [0.1, 0.15) is 0 Å². The molecule has 2 nitrogen and oxygen atoms in total. The normalized spacial score (nSPS) is 57.6. The van der Waals surface area contributed by atoms with Crippen LogP contribution in [-0.4, -0.2) is 43.3 Å². The van der Waals surface area contributed by atoms with Crippen LogP contribution in [0.25, 0.3) is 0 Å². The third-order valence-electron chi connectivity index (χ3n) is 2.81. The van der Waals surface area contributed by atoms with Gasteiger partial charge in [-0.1, -0.05) is 0 Å². The molecule has 0 radical (unpaired) electrons. The first-order chi connectivity index (χ1) is 4.97. The molecule has 0 spiro atoms. The molecule has 10 heavy (non-hydrogen) atoms. The van der Waals surface area contributed by atoms with E-state index < -0.39 is 0 Å². The summed E-state index contributed by atoms with van der Waals surface area (Å²) in [5.74, 6) is 0. The average molecular weight is 264 g/mol. The van der Waals surface area contributed by atoms with E-state index in [4.69, 9.17) is 0 Å². The minimum atomic E-state index is -0.240. The van der Waals surface area contributed by atoms with Gasteiger partial charge in [-0.3, -0.25) is 0 Å². The van der Waals surface area contributed by atoms with Crippen LogP contribution in [0.4, 0.5) is 0 Å². The fourth-order valence-corrected chi connectivity index (χ4v) is 26.2. The van der Waals surface area contributed by atoms with Gasteiger partial charge in [0.2, 0.25) is 0 Å². The zero-order chi connectivity index (χ0) is 6.55. The Balaban J connectivity index is 1.84. The molecule has 0 amide bonds. The molecule has 3 aliphatic heterocycles. The third kappa shape index (κ3) is 0.692. The molecule has 3 heterocycles. The van der Waals surface area contributed by atoms with Crippen molar-refractivity contribution in [2.24, 2.45) is 0 Å². The molecule has 3 saturated heterocycles. The second-order valence-corrected chi connectivity index (χ2v) is 16.7. The van der Waals surface area contributed by atoms with Crippen LogP contribution in [0.3, 0.4) is 0 Å². The van der Waals surface area contributed by atoms with Gasteiger partial charge in [-0.05, 0) is 0 Å². The summed E-state index contributed by atoms with van der Waals surface area (Å²) in [5.41, 5.74) is 0. The molecule has 0 saturated carbocycles. The summed E-state index contributed by atoms with van der Waals surface area (Å²) in [7, 11) is 0. The van der Waals surface area contributed by atoms with Crippen molar-refractivity contribution >= 4 is 30.2 Å². The van der Waals surface area contributed by atoms with E-state index in [0.717, 1.165) is 0 Å². The number of rotatable bonds is 0. The standard InChI is InChI=1S/C6H12As2N2/c1-3-7-9(5-1)8-4-2-6-10(7)8/h1-6H2/p+2. The van der Waals surface area contributed by atoms with Gasteiger partial charge in [-0.2, -0.15) is 0 Å². The predicted octanol–water partition coefficient (Wildman–Crippen LogP) is -2.45. The quantitative estimate of drug-likeness (QED) is 0.450. The van der Waals surface area contributed by atoms with Crippen molar-refractivity contribution in [3.63, 3.8) is 0 Å². The summed E-state index contributed by atoms with van der Waals surface area (Å²) in [5, 5.41) is 3.39. The Morgan fingerprint density at radius 3 is 1.80 bits per heavy atom. The van der Waals surface area contributed by atoms with Crippen LogP contribution >= 0.6 is 0 Å². The fourth-order valence-electron chi connectivity index (χ4n) is 2.39. The van der Waals surface area contributed by atoms with E-state index in [-0.39, 0.29) is 30.2 Å². The molecule has 4 heteroatoms. The van der Waals surface area contributed by atoms with Gasteiger partial charge >= 0.3 is 72.0 Å². The van der Waals surface area contributed by atoms with Crippen LogP contribution in [0.1, 0.15) is 12.8 Å². The van der Waals surface area contributed by atoms with Gasteiger partial charge in [0.15, 0.2) is 0 Å². The van der Waals surface area contributed by atoms with E-state index in [1.54, 1.807) is 36.3 Å². The average Bonchev–Trinajstić information content (AvgIpc) is 2.42. The monoisotopic (exact) mass is 264 g/mol. The number of fused-ring (bicyclic) bond motifs is 4. The molecule has 0 bridgehead atoms. The van der Waals surface area contributed by atoms with Crippen LogP contribution in [-0.2, 0) is 0 Å². The van der Waals surface area contributed by atoms with Gasteiger partial charge in [-0.15, -0.1) is 0 Å². The molecule has 3 rings (SSSR count). The summed E-state index contributed by atoms with van der Waals surface area (Å²) in [6, 6.07) is 0. The molecular formula is C6H14As2N2+2. The summed E-state index contributed by atoms with van der Waals surface area (Å²) in [6.45, 7) is 3.23. The van der Waals surface area contributed by atoms with E-state index in [0.29, 0.717) is 0 Å². The van der Waals surface area contributed by atoms with Gasteiger partial charge in [-0.25, -0.2) is 0 Å². The van der Waals surface area contributed by atoms with Gasteiger partial charge < -0.3 is 0 Å². The molecule has 0 unspecified atom stereocenters. The van der Waals surface area contributed by atoms with Crippen molar-refractivity contribution in [2.75, 3.05) is 13.1 Å². The Labute approximate surface area is 72.0 Å². The molecule has 3 aliphatic rings. The fraction of sp³-hybridized carbons (Fsp3) is 1.00. The summed E-state index contributed by atoms with van der Waals surface area (Å²) in [6.07, 6.45) is 3.20. The Kier molecular flexibility index (Phi) is 1.48. The second-order valence-electron chi connectivity index (χ2n) is 3.34. The SMILES string of the molecule is C1C[NH+]2[As](C1)[NH+]1CCC[As]21. The van der Waals surface area contributed by atoms with E-state index in [2.05, 4.69) is 5.47 Å². The van der Waals surface area contributed by atoms with E-state index in [1.807, 2.05) is 0 Å². The second kappa shape index (κ2) is 2.26. The number of nitrogens with one attached hydrogen (secondary N) is 2. The Bertz CT molecular complexity index is 122. The van der Waals surface area contributed by atoms with Crippen molar-refractivity contribution in [3.8, 4) is 0 Å². The molecule has 0 aromatic rings. The molecule has 0 atom stereocenters. The van der Waals surface area contributed by atoms with Crippen molar-refractivity contribution in [3.05, 3.63) is 0 Å². The number of hydrogen-bond acceptors (Lipinski definition) is 0. The van der Waals surface area contributed by atoms with Crippen LogP contribution in [0.2, 0.25) is 10.4 Å².